The van der Waals surface area contributed by atoms with Gasteiger partial charge in [-0.1, -0.05) is 12.1 Å². The minimum absolute atomic E-state index is 0. The predicted octanol–water partition coefficient (Wildman–Crippen LogP) is 0.630. The van der Waals surface area contributed by atoms with E-state index in [4.69, 9.17) is 5.73 Å². The molecular weight excluding hydrogens is 332 g/mol. The monoisotopic (exact) mass is 352 g/mol. The summed E-state index contributed by atoms with van der Waals surface area (Å²) < 4.78 is 0. The Bertz CT molecular complexity index is 660. The van der Waals surface area contributed by atoms with Crippen molar-refractivity contribution >= 4 is 30.3 Å². The molecule has 5 N–H and O–H groups in total. The maximum absolute atomic E-state index is 12.1. The predicted molar refractivity (Wildman–Crippen MR) is 90.7 cm³/mol. The van der Waals surface area contributed by atoms with Crippen molar-refractivity contribution in [3.63, 3.8) is 0 Å². The lowest BCUT2D eigenvalue weighted by atomic mass is 9.91. The number of rotatable bonds is 5. The second kappa shape index (κ2) is 6.78. The van der Waals surface area contributed by atoms with Crippen LogP contribution in [0.3, 0.4) is 0 Å². The Hall–Kier alpha value is -2.12. The van der Waals surface area contributed by atoms with Gasteiger partial charge in [-0.3, -0.25) is 14.9 Å². The molecule has 1 saturated heterocycles. The molecule has 2 aliphatic rings. The van der Waals surface area contributed by atoms with E-state index in [2.05, 4.69) is 16.0 Å². The maximum Gasteiger partial charge on any atom is 0.322 e. The van der Waals surface area contributed by atoms with E-state index in [1.54, 1.807) is 31.2 Å². The Kier molecular flexibility index (Phi) is 5.15. The summed E-state index contributed by atoms with van der Waals surface area (Å²) in [5.41, 5.74) is 5.96. The van der Waals surface area contributed by atoms with E-state index in [1.165, 1.54) is 0 Å². The minimum Gasteiger partial charge on any atom is -0.350 e. The molecule has 0 aromatic heterocycles. The third-order valence-electron chi connectivity index (χ3n) is 4.49. The number of amides is 4. The molecule has 2 atom stereocenters. The molecular formula is C16H21ClN4O3. The molecule has 8 heteroatoms. The number of hydrogen-bond acceptors (Lipinski definition) is 4. The van der Waals surface area contributed by atoms with Crippen molar-refractivity contribution in [2.24, 2.45) is 11.7 Å². The van der Waals surface area contributed by atoms with Crippen molar-refractivity contribution in [1.82, 2.24) is 16.0 Å². The van der Waals surface area contributed by atoms with Crippen LogP contribution in [-0.4, -0.2) is 30.4 Å². The summed E-state index contributed by atoms with van der Waals surface area (Å²) in [5.74, 6) is -0.0741. The largest absolute Gasteiger partial charge is 0.350 e. The number of imide groups is 1. The summed E-state index contributed by atoms with van der Waals surface area (Å²) in [6.45, 7) is 2.08. The smallest absolute Gasteiger partial charge is 0.322 e. The molecule has 4 amide bonds. The first-order valence-electron chi connectivity index (χ1n) is 7.68. The van der Waals surface area contributed by atoms with Gasteiger partial charge in [-0.05, 0) is 43.4 Å². The molecule has 0 spiro atoms. The van der Waals surface area contributed by atoms with Crippen LogP contribution in [0.5, 0.6) is 0 Å². The SMILES string of the molecule is CC1(c2ccc(C(=O)NCC(N)C3CC3)cc2)NC(=O)NC1=O.Cl. The topological polar surface area (TPSA) is 113 Å². The van der Waals surface area contributed by atoms with E-state index >= 15 is 0 Å². The Morgan fingerprint density at radius 2 is 1.96 bits per heavy atom. The first kappa shape index (κ1) is 18.2. The lowest BCUT2D eigenvalue weighted by molar-refractivity contribution is -0.123. The van der Waals surface area contributed by atoms with Crippen LogP contribution in [0, 0.1) is 5.92 Å². The van der Waals surface area contributed by atoms with Crippen LogP contribution in [-0.2, 0) is 10.3 Å². The molecule has 1 saturated carbocycles. The Labute approximate surface area is 146 Å². The highest BCUT2D eigenvalue weighted by atomic mass is 35.5. The van der Waals surface area contributed by atoms with E-state index in [9.17, 15) is 14.4 Å². The summed E-state index contributed by atoms with van der Waals surface area (Å²) in [4.78, 5) is 35.3. The van der Waals surface area contributed by atoms with Gasteiger partial charge in [0, 0.05) is 18.2 Å². The van der Waals surface area contributed by atoms with Gasteiger partial charge in [-0.15, -0.1) is 12.4 Å². The zero-order valence-electron chi connectivity index (χ0n) is 13.3. The zero-order chi connectivity index (χ0) is 16.6. The average Bonchev–Trinajstić information content (AvgIpc) is 3.33. The van der Waals surface area contributed by atoms with Crippen molar-refractivity contribution in [3.05, 3.63) is 35.4 Å². The van der Waals surface area contributed by atoms with Crippen LogP contribution >= 0.6 is 12.4 Å². The molecule has 1 aromatic rings. The Balaban J connectivity index is 0.00000208. The van der Waals surface area contributed by atoms with Gasteiger partial charge in [0.15, 0.2) is 0 Å². The van der Waals surface area contributed by atoms with Crippen molar-refractivity contribution in [3.8, 4) is 0 Å². The summed E-state index contributed by atoms with van der Waals surface area (Å²) >= 11 is 0. The fraction of sp³-hybridized carbons (Fsp3) is 0.438. The molecule has 0 bridgehead atoms. The fourth-order valence-electron chi connectivity index (χ4n) is 2.71. The summed E-state index contributed by atoms with van der Waals surface area (Å²) in [6, 6.07) is 6.09. The second-order valence-electron chi connectivity index (χ2n) is 6.32. The fourth-order valence-corrected chi connectivity index (χ4v) is 2.71. The summed E-state index contributed by atoms with van der Waals surface area (Å²) in [7, 11) is 0. The van der Waals surface area contributed by atoms with Gasteiger partial charge in [0.2, 0.25) is 0 Å². The Morgan fingerprint density at radius 3 is 2.46 bits per heavy atom. The van der Waals surface area contributed by atoms with Crippen LogP contribution in [0.1, 0.15) is 35.7 Å². The molecule has 130 valence electrons. The first-order chi connectivity index (χ1) is 10.9. The number of nitrogens with one attached hydrogen (secondary N) is 3. The molecule has 2 unspecified atom stereocenters. The highest BCUT2D eigenvalue weighted by Crippen LogP contribution is 2.31. The van der Waals surface area contributed by atoms with Gasteiger partial charge in [0.25, 0.3) is 11.8 Å². The van der Waals surface area contributed by atoms with Gasteiger partial charge in [0.05, 0.1) is 0 Å². The van der Waals surface area contributed by atoms with Gasteiger partial charge >= 0.3 is 6.03 Å². The molecule has 1 aromatic carbocycles. The van der Waals surface area contributed by atoms with Gasteiger partial charge in [-0.25, -0.2) is 4.79 Å². The molecule has 1 aliphatic heterocycles. The highest BCUT2D eigenvalue weighted by molar-refractivity contribution is 6.07. The van der Waals surface area contributed by atoms with Gasteiger partial charge in [-0.2, -0.15) is 0 Å². The average molecular weight is 353 g/mol. The molecule has 7 nitrogen and oxygen atoms in total. The third-order valence-corrected chi connectivity index (χ3v) is 4.49. The third kappa shape index (κ3) is 3.52. The van der Waals surface area contributed by atoms with Crippen LogP contribution in [0.15, 0.2) is 24.3 Å². The van der Waals surface area contributed by atoms with Crippen molar-refractivity contribution in [2.75, 3.05) is 6.54 Å². The quantitative estimate of drug-likeness (QED) is 0.582. The van der Waals surface area contributed by atoms with Crippen LogP contribution in [0.25, 0.3) is 0 Å². The number of halogens is 1. The van der Waals surface area contributed by atoms with E-state index < -0.39 is 17.5 Å². The lowest BCUT2D eigenvalue weighted by Crippen LogP contribution is -2.40. The minimum atomic E-state index is -1.11. The first-order valence-corrected chi connectivity index (χ1v) is 7.68. The van der Waals surface area contributed by atoms with Crippen LogP contribution in [0.4, 0.5) is 4.79 Å². The standard InChI is InChI=1S/C16H20N4O3.ClH/c1-16(14(22)19-15(23)20-16)11-6-4-10(5-7-11)13(21)18-8-12(17)9-2-3-9;/h4-7,9,12H,2-3,8,17H2,1H3,(H,18,21)(H2,19,20,22,23);1H. The van der Waals surface area contributed by atoms with E-state index in [1.807, 2.05) is 0 Å². The van der Waals surface area contributed by atoms with Crippen LogP contribution in [0.2, 0.25) is 0 Å². The second-order valence-corrected chi connectivity index (χ2v) is 6.32. The highest BCUT2D eigenvalue weighted by Gasteiger charge is 2.43. The Morgan fingerprint density at radius 1 is 1.33 bits per heavy atom. The number of benzene rings is 1. The van der Waals surface area contributed by atoms with Crippen molar-refractivity contribution in [2.45, 2.75) is 31.3 Å². The molecule has 1 heterocycles. The zero-order valence-corrected chi connectivity index (χ0v) is 14.1. The molecule has 24 heavy (non-hydrogen) atoms. The normalized spacial score (nSPS) is 23.8. The number of hydrogen-bond donors (Lipinski definition) is 4. The molecule has 1 aliphatic carbocycles. The van der Waals surface area contributed by atoms with E-state index in [0.29, 0.717) is 23.6 Å². The van der Waals surface area contributed by atoms with Gasteiger partial charge in [0.1, 0.15) is 5.54 Å². The van der Waals surface area contributed by atoms with Crippen molar-refractivity contribution < 1.29 is 14.4 Å². The molecule has 2 fully saturated rings. The molecule has 3 rings (SSSR count). The van der Waals surface area contributed by atoms with E-state index in [-0.39, 0.29) is 24.4 Å². The summed E-state index contributed by atoms with van der Waals surface area (Å²) in [5, 5.41) is 7.62. The number of carbonyl (C=O) groups excluding carboxylic acids is 3. The number of carbonyl (C=O) groups is 3. The molecule has 0 radical (unpaired) electrons. The van der Waals surface area contributed by atoms with Crippen LogP contribution < -0.4 is 21.7 Å². The maximum atomic E-state index is 12.1. The number of urea groups is 1. The van der Waals surface area contributed by atoms with E-state index in [0.717, 1.165) is 12.8 Å². The lowest BCUT2D eigenvalue weighted by Gasteiger charge is -2.21. The van der Waals surface area contributed by atoms with Gasteiger partial charge < -0.3 is 16.4 Å². The number of nitrogens with two attached hydrogens (primary N) is 1. The van der Waals surface area contributed by atoms with Crippen molar-refractivity contribution in [1.29, 1.82) is 0 Å². The summed E-state index contributed by atoms with van der Waals surface area (Å²) in [6.07, 6.45) is 2.27.